The lowest BCUT2D eigenvalue weighted by Gasteiger charge is -2.30. The lowest BCUT2D eigenvalue weighted by Crippen LogP contribution is -3.12. The first-order valence-corrected chi connectivity index (χ1v) is 11.0. The third-order valence-corrected chi connectivity index (χ3v) is 5.92. The van der Waals surface area contributed by atoms with Crippen molar-refractivity contribution in [3.8, 4) is 11.5 Å². The van der Waals surface area contributed by atoms with E-state index in [0.717, 1.165) is 45.3 Å². The predicted molar refractivity (Wildman–Crippen MR) is 114 cm³/mol. The summed E-state index contributed by atoms with van der Waals surface area (Å²) in [6.07, 6.45) is 8.32. The number of carbonyl (C=O) groups is 1. The molecule has 0 atom stereocenters. The number of nitrogens with one attached hydrogen (secondary N) is 2. The van der Waals surface area contributed by atoms with Crippen LogP contribution in [0, 0.1) is 0 Å². The summed E-state index contributed by atoms with van der Waals surface area (Å²) >= 11 is 0. The third-order valence-electron chi connectivity index (χ3n) is 5.92. The van der Waals surface area contributed by atoms with Crippen LogP contribution in [0.2, 0.25) is 0 Å². The maximum Gasteiger partial charge on any atom is 0.255 e. The number of hydrogen-bond acceptors (Lipinski definition) is 4. The van der Waals surface area contributed by atoms with Gasteiger partial charge in [0.15, 0.2) is 0 Å². The second-order valence-electron chi connectivity index (χ2n) is 8.78. The summed E-state index contributed by atoms with van der Waals surface area (Å²) < 4.78 is 13.7. The van der Waals surface area contributed by atoms with E-state index in [9.17, 15) is 4.79 Å². The predicted octanol–water partition coefficient (Wildman–Crippen LogP) is 1.99. The molecule has 0 radical (unpaired) electrons. The lowest BCUT2D eigenvalue weighted by atomic mass is 10.1. The van der Waals surface area contributed by atoms with Gasteiger partial charge < -0.3 is 19.7 Å². The fourth-order valence-electron chi connectivity index (χ4n) is 3.92. The van der Waals surface area contributed by atoms with E-state index in [4.69, 9.17) is 9.47 Å². The van der Waals surface area contributed by atoms with Gasteiger partial charge in [-0.2, -0.15) is 5.10 Å². The van der Waals surface area contributed by atoms with E-state index in [1.165, 1.54) is 5.56 Å². The van der Waals surface area contributed by atoms with Crippen LogP contribution in [0.15, 0.2) is 30.6 Å². The zero-order chi connectivity index (χ0) is 21.1. The first kappa shape index (κ1) is 20.7. The van der Waals surface area contributed by atoms with E-state index in [-0.39, 0.29) is 12.0 Å². The monoisotopic (exact) mass is 413 g/mol. The Bertz CT molecular complexity index is 867. The van der Waals surface area contributed by atoms with Gasteiger partial charge in [-0.25, -0.2) is 0 Å². The van der Waals surface area contributed by atoms with Crippen LogP contribution in [0.4, 0.5) is 0 Å². The molecule has 1 saturated carbocycles. The minimum absolute atomic E-state index is 0.0552. The summed E-state index contributed by atoms with van der Waals surface area (Å²) in [5.74, 6) is 1.28. The van der Waals surface area contributed by atoms with Gasteiger partial charge in [0.2, 0.25) is 0 Å². The van der Waals surface area contributed by atoms with Crippen molar-refractivity contribution in [2.75, 3.05) is 20.2 Å². The minimum atomic E-state index is -0.0552. The average Bonchev–Trinajstić information content (AvgIpc) is 3.43. The Morgan fingerprint density at radius 2 is 2.03 bits per heavy atom. The molecule has 7 nitrogen and oxygen atoms in total. The maximum atomic E-state index is 12.6. The van der Waals surface area contributed by atoms with Gasteiger partial charge in [-0.15, -0.1) is 0 Å². The Morgan fingerprint density at radius 1 is 1.27 bits per heavy atom. The SMILES string of the molecule is COc1ccc(C(=O)NC2CC2)c(OC2CC[NH+](Cc3cnn(C(C)C)c3)CC2)c1. The number of likely N-dealkylation sites (tertiary alicyclic amines) is 1. The van der Waals surface area contributed by atoms with Crippen LogP contribution in [0.25, 0.3) is 0 Å². The summed E-state index contributed by atoms with van der Waals surface area (Å²) in [6.45, 7) is 7.37. The minimum Gasteiger partial charge on any atom is -0.497 e. The molecular weight excluding hydrogens is 380 g/mol. The number of rotatable bonds is 8. The van der Waals surface area contributed by atoms with Crippen LogP contribution in [0.5, 0.6) is 11.5 Å². The van der Waals surface area contributed by atoms with Crippen LogP contribution >= 0.6 is 0 Å². The third kappa shape index (κ3) is 5.14. The summed E-state index contributed by atoms with van der Waals surface area (Å²) in [4.78, 5) is 14.2. The van der Waals surface area contributed by atoms with E-state index in [1.54, 1.807) is 18.1 Å². The second kappa shape index (κ2) is 9.08. The molecule has 1 aliphatic heterocycles. The molecule has 4 rings (SSSR count). The van der Waals surface area contributed by atoms with Gasteiger partial charge in [0.25, 0.3) is 5.91 Å². The van der Waals surface area contributed by atoms with E-state index in [1.807, 2.05) is 23.0 Å². The summed E-state index contributed by atoms with van der Waals surface area (Å²) in [7, 11) is 1.63. The molecule has 0 unspecified atom stereocenters. The van der Waals surface area contributed by atoms with E-state index >= 15 is 0 Å². The molecule has 30 heavy (non-hydrogen) atoms. The molecule has 2 aliphatic rings. The van der Waals surface area contributed by atoms with Crippen LogP contribution in [-0.2, 0) is 6.54 Å². The van der Waals surface area contributed by atoms with E-state index < -0.39 is 0 Å². The first-order valence-electron chi connectivity index (χ1n) is 11.0. The number of quaternary nitrogens is 1. The van der Waals surface area contributed by atoms with Gasteiger partial charge in [-0.1, -0.05) is 0 Å². The zero-order valence-corrected chi connectivity index (χ0v) is 18.2. The Labute approximate surface area is 178 Å². The molecule has 7 heteroatoms. The first-order chi connectivity index (χ1) is 14.5. The van der Waals surface area contributed by atoms with Crippen molar-refractivity contribution < 1.29 is 19.2 Å². The number of hydrogen-bond donors (Lipinski definition) is 2. The number of benzene rings is 1. The van der Waals surface area contributed by atoms with E-state index in [2.05, 4.69) is 30.5 Å². The lowest BCUT2D eigenvalue weighted by molar-refractivity contribution is -0.919. The van der Waals surface area contributed by atoms with Gasteiger partial charge in [-0.05, 0) is 38.8 Å². The van der Waals surface area contributed by atoms with Gasteiger partial charge >= 0.3 is 0 Å². The number of piperidine rings is 1. The standard InChI is InChI=1S/C23H32N4O3/c1-16(2)27-15-17(13-24-27)14-26-10-8-19(9-11-26)30-22-12-20(29-3)6-7-21(22)23(28)25-18-4-5-18/h6-7,12-13,15-16,18-19H,4-5,8-11,14H2,1-3H3,(H,25,28)/p+1. The van der Waals surface area contributed by atoms with Crippen molar-refractivity contribution in [2.24, 2.45) is 0 Å². The van der Waals surface area contributed by atoms with Crippen molar-refractivity contribution in [1.82, 2.24) is 15.1 Å². The summed E-state index contributed by atoms with van der Waals surface area (Å²) in [5, 5.41) is 7.51. The maximum absolute atomic E-state index is 12.6. The molecule has 2 heterocycles. The molecule has 2 aromatic rings. The molecule has 2 N–H and O–H groups in total. The molecule has 1 aliphatic carbocycles. The molecule has 1 saturated heterocycles. The second-order valence-corrected chi connectivity index (χ2v) is 8.78. The molecule has 1 aromatic carbocycles. The highest BCUT2D eigenvalue weighted by Crippen LogP contribution is 2.28. The van der Waals surface area contributed by atoms with Gasteiger partial charge in [0, 0.05) is 42.8 Å². The number of amides is 1. The quantitative estimate of drug-likeness (QED) is 0.695. The van der Waals surface area contributed by atoms with Gasteiger partial charge in [0.1, 0.15) is 24.1 Å². The number of ether oxygens (including phenoxy) is 2. The molecule has 2 fully saturated rings. The molecule has 1 aromatic heterocycles. The highest BCUT2D eigenvalue weighted by atomic mass is 16.5. The largest absolute Gasteiger partial charge is 0.497 e. The Morgan fingerprint density at radius 3 is 2.67 bits per heavy atom. The zero-order valence-electron chi connectivity index (χ0n) is 18.2. The van der Waals surface area contributed by atoms with Crippen LogP contribution in [-0.4, -0.2) is 48.0 Å². The fraction of sp³-hybridized carbons (Fsp3) is 0.565. The van der Waals surface area contributed by atoms with Crippen LogP contribution in [0.1, 0.15) is 61.5 Å². The molecule has 1 amide bonds. The molecular formula is C23H33N4O3+. The Kier molecular flexibility index (Phi) is 6.27. The van der Waals surface area contributed by atoms with Crippen molar-refractivity contribution >= 4 is 5.91 Å². The number of carbonyl (C=O) groups excluding carboxylic acids is 1. The van der Waals surface area contributed by atoms with Crippen LogP contribution < -0.4 is 19.7 Å². The highest BCUT2D eigenvalue weighted by Gasteiger charge is 2.28. The van der Waals surface area contributed by atoms with E-state index in [0.29, 0.717) is 29.1 Å². The van der Waals surface area contributed by atoms with Crippen molar-refractivity contribution in [1.29, 1.82) is 0 Å². The highest BCUT2D eigenvalue weighted by molar-refractivity contribution is 5.97. The smallest absolute Gasteiger partial charge is 0.255 e. The average molecular weight is 414 g/mol. The topological polar surface area (TPSA) is 69.8 Å². The molecule has 0 bridgehead atoms. The Hall–Kier alpha value is -2.54. The van der Waals surface area contributed by atoms with Gasteiger partial charge in [-0.3, -0.25) is 9.48 Å². The Balaban J connectivity index is 1.35. The summed E-state index contributed by atoms with van der Waals surface area (Å²) in [5.41, 5.74) is 1.88. The number of nitrogens with zero attached hydrogens (tertiary/aromatic N) is 2. The summed E-state index contributed by atoms with van der Waals surface area (Å²) in [6, 6.07) is 6.17. The van der Waals surface area contributed by atoms with Gasteiger partial charge in [0.05, 0.1) is 32.0 Å². The van der Waals surface area contributed by atoms with Crippen molar-refractivity contribution in [3.63, 3.8) is 0 Å². The van der Waals surface area contributed by atoms with Crippen LogP contribution in [0.3, 0.4) is 0 Å². The van der Waals surface area contributed by atoms with Crippen molar-refractivity contribution in [3.05, 3.63) is 41.7 Å². The number of methoxy groups -OCH3 is 1. The van der Waals surface area contributed by atoms with Crippen molar-refractivity contribution in [2.45, 2.75) is 64.3 Å². The fourth-order valence-corrected chi connectivity index (χ4v) is 3.92. The molecule has 0 spiro atoms. The molecule has 162 valence electrons. The normalized spacial score (nSPS) is 21.5. The number of aromatic nitrogens is 2.